The number of nitrogens with one attached hydrogen (secondary N) is 1. The van der Waals surface area contributed by atoms with Crippen molar-refractivity contribution in [3.05, 3.63) is 45.5 Å². The maximum absolute atomic E-state index is 12.0. The van der Waals surface area contributed by atoms with Crippen molar-refractivity contribution in [1.29, 1.82) is 0 Å². The van der Waals surface area contributed by atoms with Gasteiger partial charge in [0.25, 0.3) is 0 Å². The maximum atomic E-state index is 12.0. The van der Waals surface area contributed by atoms with Crippen LogP contribution in [0.3, 0.4) is 0 Å². The van der Waals surface area contributed by atoms with E-state index < -0.39 is 12.0 Å². The summed E-state index contributed by atoms with van der Waals surface area (Å²) in [5.74, 6) is 1.05. The zero-order valence-corrected chi connectivity index (χ0v) is 13.9. The van der Waals surface area contributed by atoms with Gasteiger partial charge >= 0.3 is 5.97 Å². The van der Waals surface area contributed by atoms with Gasteiger partial charge in [0.15, 0.2) is 0 Å². The molecule has 0 spiro atoms. The number of hydrogen-bond donors (Lipinski definition) is 1. The van der Waals surface area contributed by atoms with Crippen LogP contribution in [0.5, 0.6) is 0 Å². The number of carbonyl (C=O) groups excluding carboxylic acids is 1. The number of rotatable bonds is 5. The molecule has 0 aliphatic carbocycles. The second kappa shape index (κ2) is 7.09. The third-order valence-electron chi connectivity index (χ3n) is 3.36. The summed E-state index contributed by atoms with van der Waals surface area (Å²) in [4.78, 5) is 12.0. The van der Waals surface area contributed by atoms with Crippen molar-refractivity contribution in [3.8, 4) is 0 Å². The highest BCUT2D eigenvalue weighted by Crippen LogP contribution is 2.27. The molecule has 1 aromatic heterocycles. The fraction of sp³-hybridized carbons (Fsp3) is 0.357. The number of carbonyl (C=O) groups is 1. The van der Waals surface area contributed by atoms with E-state index in [1.807, 2.05) is 18.5 Å². The van der Waals surface area contributed by atoms with Crippen molar-refractivity contribution in [2.75, 3.05) is 7.11 Å². The standard InChI is InChI=1S/C14H16Cl2N4O2/c1-8-18-19-12(20(8)2)7-17-13(14(21)22-3)10-5-4-9(15)6-11(10)16/h4-6,13,17H,7H2,1-3H3/t13-/m1/s1. The van der Waals surface area contributed by atoms with Crippen LogP contribution >= 0.6 is 23.2 Å². The minimum atomic E-state index is -0.716. The number of halogens is 2. The lowest BCUT2D eigenvalue weighted by molar-refractivity contribution is -0.143. The molecule has 0 aliphatic heterocycles. The summed E-state index contributed by atoms with van der Waals surface area (Å²) in [6.07, 6.45) is 0. The fourth-order valence-electron chi connectivity index (χ4n) is 1.97. The zero-order valence-electron chi connectivity index (χ0n) is 12.4. The third-order valence-corrected chi connectivity index (χ3v) is 3.92. The molecule has 1 aromatic carbocycles. The van der Waals surface area contributed by atoms with Gasteiger partial charge in [0.1, 0.15) is 17.7 Å². The molecular weight excluding hydrogens is 327 g/mol. The highest BCUT2D eigenvalue weighted by Gasteiger charge is 2.24. The van der Waals surface area contributed by atoms with Crippen LogP contribution in [0.2, 0.25) is 10.0 Å². The van der Waals surface area contributed by atoms with Crippen LogP contribution < -0.4 is 5.32 Å². The van der Waals surface area contributed by atoms with Crippen molar-refractivity contribution in [2.45, 2.75) is 19.5 Å². The SMILES string of the molecule is COC(=O)[C@H](NCc1nnc(C)n1C)c1ccc(Cl)cc1Cl. The molecule has 0 amide bonds. The van der Waals surface area contributed by atoms with E-state index >= 15 is 0 Å². The average molecular weight is 343 g/mol. The first-order chi connectivity index (χ1) is 10.4. The first-order valence-corrected chi connectivity index (χ1v) is 7.30. The Kier molecular flexibility index (Phi) is 5.39. The summed E-state index contributed by atoms with van der Waals surface area (Å²) >= 11 is 12.1. The largest absolute Gasteiger partial charge is 0.468 e. The van der Waals surface area contributed by atoms with E-state index in [-0.39, 0.29) is 0 Å². The van der Waals surface area contributed by atoms with Crippen LogP contribution in [0.1, 0.15) is 23.3 Å². The minimum Gasteiger partial charge on any atom is -0.468 e. The summed E-state index contributed by atoms with van der Waals surface area (Å²) in [5.41, 5.74) is 0.594. The van der Waals surface area contributed by atoms with E-state index in [9.17, 15) is 4.79 Å². The van der Waals surface area contributed by atoms with Crippen LogP contribution in [0, 0.1) is 6.92 Å². The highest BCUT2D eigenvalue weighted by atomic mass is 35.5. The lowest BCUT2D eigenvalue weighted by atomic mass is 10.1. The van der Waals surface area contributed by atoms with Gasteiger partial charge in [0.2, 0.25) is 0 Å². The molecule has 22 heavy (non-hydrogen) atoms. The Balaban J connectivity index is 2.23. The van der Waals surface area contributed by atoms with Crippen LogP contribution in [-0.2, 0) is 23.1 Å². The normalized spacial score (nSPS) is 12.2. The van der Waals surface area contributed by atoms with Gasteiger partial charge in [0.05, 0.1) is 13.7 Å². The molecule has 1 N–H and O–H groups in total. The summed E-state index contributed by atoms with van der Waals surface area (Å²) < 4.78 is 6.68. The number of aryl methyl sites for hydroxylation is 1. The number of nitrogens with zero attached hydrogens (tertiary/aromatic N) is 3. The quantitative estimate of drug-likeness (QED) is 0.845. The summed E-state index contributed by atoms with van der Waals surface area (Å²) in [6.45, 7) is 2.19. The Bertz CT molecular complexity index is 687. The van der Waals surface area contributed by atoms with Crippen molar-refractivity contribution in [2.24, 2.45) is 7.05 Å². The third kappa shape index (κ3) is 3.58. The molecule has 6 nitrogen and oxygen atoms in total. The number of aromatic nitrogens is 3. The molecule has 1 heterocycles. The molecule has 0 unspecified atom stereocenters. The van der Waals surface area contributed by atoms with Crippen molar-refractivity contribution in [1.82, 2.24) is 20.1 Å². The van der Waals surface area contributed by atoms with E-state index in [4.69, 9.17) is 27.9 Å². The fourth-order valence-corrected chi connectivity index (χ4v) is 2.49. The Labute approximate surface area is 138 Å². The molecule has 118 valence electrons. The number of ether oxygens (including phenoxy) is 1. The predicted molar refractivity (Wildman–Crippen MR) is 83.8 cm³/mol. The Morgan fingerprint density at radius 3 is 2.68 bits per heavy atom. The lowest BCUT2D eigenvalue weighted by Gasteiger charge is -2.18. The smallest absolute Gasteiger partial charge is 0.327 e. The second-order valence-electron chi connectivity index (χ2n) is 4.73. The zero-order chi connectivity index (χ0) is 16.3. The van der Waals surface area contributed by atoms with Gasteiger partial charge in [-0.25, -0.2) is 4.79 Å². The average Bonchev–Trinajstić information content (AvgIpc) is 2.80. The minimum absolute atomic E-state index is 0.343. The molecule has 0 fully saturated rings. The molecule has 0 radical (unpaired) electrons. The molecule has 1 atom stereocenters. The number of benzene rings is 1. The number of hydrogen-bond acceptors (Lipinski definition) is 5. The van der Waals surface area contributed by atoms with Crippen LogP contribution in [0.15, 0.2) is 18.2 Å². The molecule has 8 heteroatoms. The Morgan fingerprint density at radius 2 is 2.14 bits per heavy atom. The summed E-state index contributed by atoms with van der Waals surface area (Å²) in [6, 6.07) is 4.24. The van der Waals surface area contributed by atoms with E-state index in [0.717, 1.165) is 5.82 Å². The Hall–Kier alpha value is -1.63. The lowest BCUT2D eigenvalue weighted by Crippen LogP contribution is -2.30. The van der Waals surface area contributed by atoms with Gasteiger partial charge in [-0.2, -0.15) is 0 Å². The first kappa shape index (κ1) is 16.7. The molecule has 0 saturated carbocycles. The van der Waals surface area contributed by atoms with E-state index in [2.05, 4.69) is 15.5 Å². The van der Waals surface area contributed by atoms with Crippen LogP contribution in [-0.4, -0.2) is 27.8 Å². The maximum Gasteiger partial charge on any atom is 0.327 e. The van der Waals surface area contributed by atoms with Crippen LogP contribution in [0.25, 0.3) is 0 Å². The predicted octanol–water partition coefficient (Wildman–Crippen LogP) is 2.43. The summed E-state index contributed by atoms with van der Waals surface area (Å²) in [5, 5.41) is 12.0. The van der Waals surface area contributed by atoms with Crippen molar-refractivity contribution < 1.29 is 9.53 Å². The molecule has 2 aromatic rings. The van der Waals surface area contributed by atoms with E-state index in [0.29, 0.717) is 28.0 Å². The van der Waals surface area contributed by atoms with E-state index in [1.165, 1.54) is 7.11 Å². The van der Waals surface area contributed by atoms with Gasteiger partial charge in [-0.15, -0.1) is 10.2 Å². The van der Waals surface area contributed by atoms with Crippen molar-refractivity contribution in [3.63, 3.8) is 0 Å². The highest BCUT2D eigenvalue weighted by molar-refractivity contribution is 6.35. The van der Waals surface area contributed by atoms with Gasteiger partial charge in [-0.1, -0.05) is 29.3 Å². The van der Waals surface area contributed by atoms with Gasteiger partial charge in [-0.05, 0) is 24.6 Å². The molecular formula is C14H16Cl2N4O2. The number of methoxy groups -OCH3 is 1. The van der Waals surface area contributed by atoms with Crippen LogP contribution in [0.4, 0.5) is 0 Å². The first-order valence-electron chi connectivity index (χ1n) is 6.55. The Morgan fingerprint density at radius 1 is 1.41 bits per heavy atom. The van der Waals surface area contributed by atoms with Gasteiger partial charge < -0.3 is 9.30 Å². The molecule has 0 bridgehead atoms. The number of esters is 1. The monoisotopic (exact) mass is 342 g/mol. The second-order valence-corrected chi connectivity index (χ2v) is 5.57. The molecule has 0 aliphatic rings. The topological polar surface area (TPSA) is 69.0 Å². The van der Waals surface area contributed by atoms with Gasteiger partial charge in [0, 0.05) is 17.1 Å². The van der Waals surface area contributed by atoms with Gasteiger partial charge in [-0.3, -0.25) is 5.32 Å². The summed E-state index contributed by atoms with van der Waals surface area (Å²) in [7, 11) is 3.18. The molecule has 0 saturated heterocycles. The van der Waals surface area contributed by atoms with Crippen molar-refractivity contribution >= 4 is 29.2 Å². The van der Waals surface area contributed by atoms with E-state index in [1.54, 1.807) is 18.2 Å². The molecule has 2 rings (SSSR count).